The summed E-state index contributed by atoms with van der Waals surface area (Å²) >= 11 is 0. The van der Waals surface area contributed by atoms with E-state index in [1.165, 1.54) is 12.3 Å². The van der Waals surface area contributed by atoms with Crippen LogP contribution in [0.25, 0.3) is 11.1 Å². The molecule has 2 aromatic rings. The van der Waals surface area contributed by atoms with Gasteiger partial charge in [0.1, 0.15) is 11.4 Å². The SMILES string of the molecule is O=C(O)c1[nH]ccc1-c1ccccc1O. The third-order valence-corrected chi connectivity index (χ3v) is 2.16. The molecule has 0 fully saturated rings. The van der Waals surface area contributed by atoms with Crippen LogP contribution in [0.4, 0.5) is 0 Å². The monoisotopic (exact) mass is 203 g/mol. The quantitative estimate of drug-likeness (QED) is 0.699. The largest absolute Gasteiger partial charge is 0.507 e. The molecule has 0 aliphatic rings. The smallest absolute Gasteiger partial charge is 0.352 e. The van der Waals surface area contributed by atoms with Crippen molar-refractivity contribution in [2.75, 3.05) is 0 Å². The second kappa shape index (κ2) is 3.49. The number of hydrogen-bond acceptors (Lipinski definition) is 2. The van der Waals surface area contributed by atoms with Crippen LogP contribution in [-0.2, 0) is 0 Å². The predicted octanol–water partition coefficient (Wildman–Crippen LogP) is 2.09. The Hall–Kier alpha value is -2.23. The van der Waals surface area contributed by atoms with Crippen LogP contribution in [0.2, 0.25) is 0 Å². The zero-order valence-corrected chi connectivity index (χ0v) is 7.77. The lowest BCUT2D eigenvalue weighted by molar-refractivity contribution is 0.0692. The van der Waals surface area contributed by atoms with E-state index in [-0.39, 0.29) is 11.4 Å². The van der Waals surface area contributed by atoms with Crippen LogP contribution in [0.5, 0.6) is 5.75 Å². The van der Waals surface area contributed by atoms with Crippen molar-refractivity contribution in [1.82, 2.24) is 4.98 Å². The molecule has 0 unspecified atom stereocenters. The molecule has 1 heterocycles. The number of rotatable bonds is 2. The number of para-hydroxylation sites is 1. The number of carboxylic acid groups (broad SMARTS) is 1. The third kappa shape index (κ3) is 1.57. The summed E-state index contributed by atoms with van der Waals surface area (Å²) in [7, 11) is 0. The van der Waals surface area contributed by atoms with E-state index >= 15 is 0 Å². The molecule has 0 saturated carbocycles. The molecule has 0 atom stereocenters. The molecule has 0 aliphatic carbocycles. The van der Waals surface area contributed by atoms with E-state index in [0.717, 1.165) is 0 Å². The fourth-order valence-corrected chi connectivity index (χ4v) is 1.47. The maximum absolute atomic E-state index is 10.9. The minimum Gasteiger partial charge on any atom is -0.507 e. The van der Waals surface area contributed by atoms with Gasteiger partial charge in [0.15, 0.2) is 0 Å². The van der Waals surface area contributed by atoms with Crippen molar-refractivity contribution in [2.45, 2.75) is 0 Å². The summed E-state index contributed by atoms with van der Waals surface area (Å²) in [6, 6.07) is 8.25. The number of phenolic OH excluding ortho intramolecular Hbond substituents is 1. The lowest BCUT2D eigenvalue weighted by Gasteiger charge is -2.02. The van der Waals surface area contributed by atoms with Gasteiger partial charge in [-0.1, -0.05) is 18.2 Å². The fourth-order valence-electron chi connectivity index (χ4n) is 1.47. The maximum atomic E-state index is 10.9. The number of phenols is 1. The highest BCUT2D eigenvalue weighted by Crippen LogP contribution is 2.30. The van der Waals surface area contributed by atoms with Gasteiger partial charge in [0.2, 0.25) is 0 Å². The number of carboxylic acids is 1. The van der Waals surface area contributed by atoms with Gasteiger partial charge in [-0.05, 0) is 12.1 Å². The number of hydrogen-bond donors (Lipinski definition) is 3. The second-order valence-corrected chi connectivity index (χ2v) is 3.09. The molecule has 0 spiro atoms. The van der Waals surface area contributed by atoms with Crippen molar-refractivity contribution in [2.24, 2.45) is 0 Å². The van der Waals surface area contributed by atoms with Crippen LogP contribution in [0.1, 0.15) is 10.5 Å². The summed E-state index contributed by atoms with van der Waals surface area (Å²) in [5.74, 6) is -0.974. The summed E-state index contributed by atoms with van der Waals surface area (Å²) in [4.78, 5) is 13.5. The summed E-state index contributed by atoms with van der Waals surface area (Å²) < 4.78 is 0. The van der Waals surface area contributed by atoms with E-state index in [9.17, 15) is 9.90 Å². The lowest BCUT2D eigenvalue weighted by atomic mass is 10.1. The molecule has 4 nitrogen and oxygen atoms in total. The van der Waals surface area contributed by atoms with Crippen LogP contribution in [0, 0.1) is 0 Å². The molecular weight excluding hydrogens is 194 g/mol. The molecule has 3 N–H and O–H groups in total. The van der Waals surface area contributed by atoms with Gasteiger partial charge in [-0.15, -0.1) is 0 Å². The van der Waals surface area contributed by atoms with E-state index in [2.05, 4.69) is 4.98 Å². The standard InChI is InChI=1S/C11H9NO3/c13-9-4-2-1-3-7(9)8-5-6-12-10(8)11(14)15/h1-6,12-13H,(H,14,15). The highest BCUT2D eigenvalue weighted by Gasteiger charge is 2.14. The maximum Gasteiger partial charge on any atom is 0.352 e. The highest BCUT2D eigenvalue weighted by atomic mass is 16.4. The van der Waals surface area contributed by atoms with Gasteiger partial charge >= 0.3 is 5.97 Å². The van der Waals surface area contributed by atoms with Gasteiger partial charge in [0.25, 0.3) is 0 Å². The first-order valence-electron chi connectivity index (χ1n) is 4.39. The van der Waals surface area contributed by atoms with Crippen LogP contribution in [0.3, 0.4) is 0 Å². The van der Waals surface area contributed by atoms with Gasteiger partial charge in [0, 0.05) is 17.3 Å². The summed E-state index contributed by atoms with van der Waals surface area (Å²) in [6.07, 6.45) is 1.53. The summed E-state index contributed by atoms with van der Waals surface area (Å²) in [6.45, 7) is 0. The number of benzene rings is 1. The zero-order chi connectivity index (χ0) is 10.8. The first-order valence-corrected chi connectivity index (χ1v) is 4.39. The van der Waals surface area contributed by atoms with Crippen molar-refractivity contribution < 1.29 is 15.0 Å². The number of aromatic hydroxyl groups is 1. The van der Waals surface area contributed by atoms with Gasteiger partial charge in [-0.3, -0.25) is 0 Å². The topological polar surface area (TPSA) is 73.3 Å². The van der Waals surface area contributed by atoms with Gasteiger partial charge < -0.3 is 15.2 Å². The molecule has 0 radical (unpaired) electrons. The van der Waals surface area contributed by atoms with Crippen molar-refractivity contribution >= 4 is 5.97 Å². The Kier molecular flexibility index (Phi) is 2.17. The molecule has 0 bridgehead atoms. The van der Waals surface area contributed by atoms with E-state index < -0.39 is 5.97 Å². The van der Waals surface area contributed by atoms with Crippen LogP contribution in [0.15, 0.2) is 36.5 Å². The first kappa shape index (κ1) is 9.33. The minimum absolute atomic E-state index is 0.0691. The van der Waals surface area contributed by atoms with Gasteiger partial charge in [-0.25, -0.2) is 4.79 Å². The molecule has 1 aromatic heterocycles. The lowest BCUT2D eigenvalue weighted by Crippen LogP contribution is -1.98. The molecule has 76 valence electrons. The van der Waals surface area contributed by atoms with Crippen molar-refractivity contribution in [1.29, 1.82) is 0 Å². The van der Waals surface area contributed by atoms with Gasteiger partial charge in [-0.2, -0.15) is 0 Å². The molecule has 0 amide bonds. The Balaban J connectivity index is 2.59. The van der Waals surface area contributed by atoms with E-state index in [1.54, 1.807) is 24.3 Å². The molecule has 0 saturated heterocycles. The Bertz CT molecular complexity index is 502. The Labute approximate surface area is 85.8 Å². The highest BCUT2D eigenvalue weighted by molar-refractivity contribution is 5.95. The predicted molar refractivity (Wildman–Crippen MR) is 54.9 cm³/mol. The van der Waals surface area contributed by atoms with Crippen molar-refractivity contribution in [3.8, 4) is 16.9 Å². The molecular formula is C11H9NO3. The number of aromatic amines is 1. The molecule has 4 heteroatoms. The van der Waals surface area contributed by atoms with E-state index in [0.29, 0.717) is 11.1 Å². The normalized spacial score (nSPS) is 10.1. The Morgan fingerprint density at radius 2 is 1.87 bits per heavy atom. The van der Waals surface area contributed by atoms with Crippen molar-refractivity contribution in [3.63, 3.8) is 0 Å². The average Bonchev–Trinajstić information content (AvgIpc) is 2.67. The molecule has 15 heavy (non-hydrogen) atoms. The Morgan fingerprint density at radius 3 is 2.53 bits per heavy atom. The number of carbonyl (C=O) groups is 1. The fraction of sp³-hybridized carbons (Fsp3) is 0. The average molecular weight is 203 g/mol. The van der Waals surface area contributed by atoms with Gasteiger partial charge in [0.05, 0.1) is 0 Å². The molecule has 2 rings (SSSR count). The summed E-state index contributed by atoms with van der Waals surface area (Å²) in [5, 5.41) is 18.5. The number of aromatic carboxylic acids is 1. The number of aromatic nitrogens is 1. The van der Waals surface area contributed by atoms with Crippen molar-refractivity contribution in [3.05, 3.63) is 42.2 Å². The zero-order valence-electron chi connectivity index (χ0n) is 7.77. The third-order valence-electron chi connectivity index (χ3n) is 2.16. The first-order chi connectivity index (χ1) is 7.20. The van der Waals surface area contributed by atoms with E-state index in [4.69, 9.17) is 5.11 Å². The van der Waals surface area contributed by atoms with E-state index in [1.807, 2.05) is 0 Å². The second-order valence-electron chi connectivity index (χ2n) is 3.09. The summed E-state index contributed by atoms with van der Waals surface area (Å²) in [5.41, 5.74) is 1.08. The van der Waals surface area contributed by atoms with Crippen LogP contribution < -0.4 is 0 Å². The van der Waals surface area contributed by atoms with Crippen LogP contribution >= 0.6 is 0 Å². The number of nitrogens with one attached hydrogen (secondary N) is 1. The molecule has 1 aromatic carbocycles. The molecule has 0 aliphatic heterocycles. The number of H-pyrrole nitrogens is 1. The van der Waals surface area contributed by atoms with Crippen LogP contribution in [-0.4, -0.2) is 21.2 Å². The Morgan fingerprint density at radius 1 is 1.13 bits per heavy atom. The minimum atomic E-state index is -1.04.